The lowest BCUT2D eigenvalue weighted by molar-refractivity contribution is 0.0988. The number of aromatic nitrogens is 1. The van der Waals surface area contributed by atoms with Crippen molar-refractivity contribution in [2.75, 3.05) is 5.32 Å². The molecule has 1 fully saturated rings. The number of rotatable bonds is 5. The molecule has 0 spiro atoms. The Balaban J connectivity index is 1.44. The maximum atomic E-state index is 12.4. The summed E-state index contributed by atoms with van der Waals surface area (Å²) in [6, 6.07) is 18.7. The quantitative estimate of drug-likeness (QED) is 0.711. The van der Waals surface area contributed by atoms with Crippen LogP contribution in [0.15, 0.2) is 65.2 Å². The molecule has 5 nitrogen and oxygen atoms in total. The molecule has 0 radical (unpaired) electrons. The summed E-state index contributed by atoms with van der Waals surface area (Å²) >= 11 is 0. The van der Waals surface area contributed by atoms with Crippen molar-refractivity contribution in [2.45, 2.75) is 31.8 Å². The summed E-state index contributed by atoms with van der Waals surface area (Å²) in [5.74, 6) is 0.612. The first-order valence-corrected chi connectivity index (χ1v) is 8.88. The van der Waals surface area contributed by atoms with Gasteiger partial charge in [-0.05, 0) is 37.8 Å². The van der Waals surface area contributed by atoms with Gasteiger partial charge < -0.3 is 14.6 Å². The number of carbonyl (C=O) groups is 1. The van der Waals surface area contributed by atoms with Crippen LogP contribution in [-0.4, -0.2) is 17.2 Å². The molecule has 2 aromatic carbocycles. The van der Waals surface area contributed by atoms with Gasteiger partial charge in [-0.15, -0.1) is 0 Å². The van der Waals surface area contributed by atoms with Crippen LogP contribution in [0.3, 0.4) is 0 Å². The fourth-order valence-electron chi connectivity index (χ4n) is 3.17. The van der Waals surface area contributed by atoms with Crippen molar-refractivity contribution in [3.63, 3.8) is 0 Å². The highest BCUT2D eigenvalue weighted by Gasteiger charge is 2.17. The number of hydrogen-bond acceptors (Lipinski definition) is 4. The molecule has 0 unspecified atom stereocenters. The standard InChI is InChI=1S/C21H20N2O3/c24-21(20-14-19(23-26-20)15-7-2-1-3-8-15)22-16-9-6-12-18(13-16)25-17-10-4-5-11-17/h1-3,6-9,12-14,17H,4-5,10-11H2,(H,22,24). The van der Waals surface area contributed by atoms with Crippen LogP contribution in [-0.2, 0) is 0 Å². The molecule has 0 saturated heterocycles. The first kappa shape index (κ1) is 16.4. The van der Waals surface area contributed by atoms with Gasteiger partial charge in [-0.2, -0.15) is 0 Å². The van der Waals surface area contributed by atoms with Crippen LogP contribution in [0.1, 0.15) is 36.2 Å². The molecule has 1 saturated carbocycles. The molecule has 1 aromatic heterocycles. The number of nitrogens with zero attached hydrogens (tertiary/aromatic N) is 1. The molecule has 1 aliphatic carbocycles. The molecule has 1 heterocycles. The van der Waals surface area contributed by atoms with E-state index < -0.39 is 0 Å². The fraction of sp³-hybridized carbons (Fsp3) is 0.238. The second-order valence-electron chi connectivity index (χ2n) is 6.45. The Hall–Kier alpha value is -3.08. The minimum Gasteiger partial charge on any atom is -0.490 e. The van der Waals surface area contributed by atoms with Crippen LogP contribution in [0.5, 0.6) is 5.75 Å². The second-order valence-corrected chi connectivity index (χ2v) is 6.45. The molecule has 3 aromatic rings. The summed E-state index contributed by atoms with van der Waals surface area (Å²) in [5.41, 5.74) is 2.21. The van der Waals surface area contributed by atoms with Gasteiger partial charge in [0.15, 0.2) is 0 Å². The molecular formula is C21H20N2O3. The number of carbonyl (C=O) groups excluding carboxylic acids is 1. The number of ether oxygens (including phenoxy) is 1. The smallest absolute Gasteiger partial charge is 0.294 e. The van der Waals surface area contributed by atoms with Gasteiger partial charge in [-0.1, -0.05) is 41.6 Å². The minimum atomic E-state index is -0.335. The van der Waals surface area contributed by atoms with E-state index >= 15 is 0 Å². The van der Waals surface area contributed by atoms with Crippen molar-refractivity contribution in [2.24, 2.45) is 0 Å². The third kappa shape index (κ3) is 3.77. The summed E-state index contributed by atoms with van der Waals surface area (Å²) in [5, 5.41) is 6.81. The maximum absolute atomic E-state index is 12.4. The SMILES string of the molecule is O=C(Nc1cccc(OC2CCCC2)c1)c1cc(-c2ccccc2)no1. The zero-order valence-electron chi connectivity index (χ0n) is 14.4. The Morgan fingerprint density at radius 2 is 1.85 bits per heavy atom. The maximum Gasteiger partial charge on any atom is 0.294 e. The van der Waals surface area contributed by atoms with Crippen molar-refractivity contribution in [3.8, 4) is 17.0 Å². The van der Waals surface area contributed by atoms with E-state index in [1.807, 2.05) is 54.6 Å². The summed E-state index contributed by atoms with van der Waals surface area (Å²) in [6.07, 6.45) is 4.91. The Kier molecular flexibility index (Phi) is 4.69. The van der Waals surface area contributed by atoms with Crippen LogP contribution < -0.4 is 10.1 Å². The van der Waals surface area contributed by atoms with Crippen molar-refractivity contribution in [3.05, 3.63) is 66.4 Å². The molecule has 1 aliphatic rings. The summed E-state index contributed by atoms with van der Waals surface area (Å²) < 4.78 is 11.2. The van der Waals surface area contributed by atoms with E-state index in [0.29, 0.717) is 11.4 Å². The van der Waals surface area contributed by atoms with Crippen molar-refractivity contribution >= 4 is 11.6 Å². The predicted molar refractivity (Wildman–Crippen MR) is 99.2 cm³/mol. The highest BCUT2D eigenvalue weighted by atomic mass is 16.5. The van der Waals surface area contributed by atoms with Gasteiger partial charge in [-0.25, -0.2) is 0 Å². The highest BCUT2D eigenvalue weighted by molar-refractivity contribution is 6.02. The summed E-state index contributed by atoms with van der Waals surface area (Å²) in [4.78, 5) is 12.4. The van der Waals surface area contributed by atoms with Crippen LogP contribution in [0.2, 0.25) is 0 Å². The molecule has 26 heavy (non-hydrogen) atoms. The molecule has 0 atom stereocenters. The summed E-state index contributed by atoms with van der Waals surface area (Å²) in [7, 11) is 0. The van der Waals surface area contributed by atoms with E-state index in [-0.39, 0.29) is 17.8 Å². The van der Waals surface area contributed by atoms with Gasteiger partial charge in [-0.3, -0.25) is 4.79 Å². The van der Waals surface area contributed by atoms with Crippen LogP contribution in [0.4, 0.5) is 5.69 Å². The van der Waals surface area contributed by atoms with Crippen molar-refractivity contribution in [1.82, 2.24) is 5.16 Å². The lowest BCUT2D eigenvalue weighted by Crippen LogP contribution is -2.13. The number of benzene rings is 2. The molecule has 132 valence electrons. The lowest BCUT2D eigenvalue weighted by atomic mass is 10.1. The van der Waals surface area contributed by atoms with E-state index in [9.17, 15) is 4.79 Å². The molecule has 0 bridgehead atoms. The Labute approximate surface area is 152 Å². The van der Waals surface area contributed by atoms with Gasteiger partial charge >= 0.3 is 0 Å². The summed E-state index contributed by atoms with van der Waals surface area (Å²) in [6.45, 7) is 0. The number of hydrogen-bond donors (Lipinski definition) is 1. The minimum absolute atomic E-state index is 0.172. The molecule has 1 amide bonds. The Bertz CT molecular complexity index is 883. The topological polar surface area (TPSA) is 64.4 Å². The first-order valence-electron chi connectivity index (χ1n) is 8.88. The van der Waals surface area contributed by atoms with Crippen LogP contribution in [0.25, 0.3) is 11.3 Å². The van der Waals surface area contributed by atoms with Gasteiger partial charge in [0.25, 0.3) is 5.91 Å². The van der Waals surface area contributed by atoms with E-state index in [4.69, 9.17) is 9.26 Å². The molecule has 1 N–H and O–H groups in total. The lowest BCUT2D eigenvalue weighted by Gasteiger charge is -2.13. The normalized spacial score (nSPS) is 14.3. The highest BCUT2D eigenvalue weighted by Crippen LogP contribution is 2.26. The van der Waals surface area contributed by atoms with Gasteiger partial charge in [0, 0.05) is 23.4 Å². The second kappa shape index (κ2) is 7.44. The molecule has 4 rings (SSSR count). The van der Waals surface area contributed by atoms with E-state index in [1.165, 1.54) is 12.8 Å². The predicted octanol–water partition coefficient (Wildman–Crippen LogP) is 4.92. The van der Waals surface area contributed by atoms with Crippen molar-refractivity contribution < 1.29 is 14.1 Å². The number of nitrogens with one attached hydrogen (secondary N) is 1. The van der Waals surface area contributed by atoms with E-state index in [1.54, 1.807) is 6.07 Å². The largest absolute Gasteiger partial charge is 0.490 e. The van der Waals surface area contributed by atoms with E-state index in [2.05, 4.69) is 10.5 Å². The monoisotopic (exact) mass is 348 g/mol. The molecular weight excluding hydrogens is 328 g/mol. The fourth-order valence-corrected chi connectivity index (χ4v) is 3.17. The Morgan fingerprint density at radius 1 is 1.04 bits per heavy atom. The van der Waals surface area contributed by atoms with E-state index in [0.717, 1.165) is 24.2 Å². The number of amides is 1. The zero-order valence-corrected chi connectivity index (χ0v) is 14.4. The molecule has 0 aliphatic heterocycles. The van der Waals surface area contributed by atoms with Crippen molar-refractivity contribution in [1.29, 1.82) is 0 Å². The first-order chi connectivity index (χ1) is 12.8. The number of anilines is 1. The Morgan fingerprint density at radius 3 is 2.65 bits per heavy atom. The van der Waals surface area contributed by atoms with Gasteiger partial charge in [0.2, 0.25) is 5.76 Å². The third-order valence-electron chi connectivity index (χ3n) is 4.50. The van der Waals surface area contributed by atoms with Gasteiger partial charge in [0.05, 0.1) is 6.10 Å². The van der Waals surface area contributed by atoms with Crippen LogP contribution >= 0.6 is 0 Å². The van der Waals surface area contributed by atoms with Gasteiger partial charge in [0.1, 0.15) is 11.4 Å². The zero-order chi connectivity index (χ0) is 17.8. The average molecular weight is 348 g/mol. The third-order valence-corrected chi connectivity index (χ3v) is 4.50. The molecule has 5 heteroatoms. The van der Waals surface area contributed by atoms with Crippen LogP contribution in [0, 0.1) is 0 Å². The average Bonchev–Trinajstić information content (AvgIpc) is 3.35.